The molecule has 0 saturated carbocycles. The van der Waals surface area contributed by atoms with Crippen molar-refractivity contribution in [3.8, 4) is 0 Å². The molecule has 1 fully saturated rings. The topological polar surface area (TPSA) is 57.6 Å². The van der Waals surface area contributed by atoms with Gasteiger partial charge in [-0.25, -0.2) is 4.79 Å². The molecule has 2 rings (SSSR count). The van der Waals surface area contributed by atoms with Gasteiger partial charge in [-0.2, -0.15) is 0 Å². The van der Waals surface area contributed by atoms with Gasteiger partial charge in [0.15, 0.2) is 0 Å². The number of aldehydes is 1. The van der Waals surface area contributed by atoms with E-state index < -0.39 is 11.5 Å². The SMILES string of the molecule is O=CC1(c2ccccc2)CCN(C(=O)O)CC1. The molecule has 17 heavy (non-hydrogen) atoms. The van der Waals surface area contributed by atoms with Gasteiger partial charge >= 0.3 is 6.09 Å². The molecule has 0 atom stereocenters. The van der Waals surface area contributed by atoms with Crippen molar-refractivity contribution in [2.45, 2.75) is 18.3 Å². The van der Waals surface area contributed by atoms with Crippen LogP contribution < -0.4 is 0 Å². The highest BCUT2D eigenvalue weighted by Gasteiger charge is 2.37. The zero-order valence-electron chi connectivity index (χ0n) is 9.50. The van der Waals surface area contributed by atoms with Crippen molar-refractivity contribution in [3.63, 3.8) is 0 Å². The normalized spacial score (nSPS) is 18.7. The highest BCUT2D eigenvalue weighted by molar-refractivity contribution is 5.70. The summed E-state index contributed by atoms with van der Waals surface area (Å²) in [6.45, 7) is 0.839. The Bertz CT molecular complexity index is 408. The molecule has 1 aromatic rings. The second kappa shape index (κ2) is 4.57. The van der Waals surface area contributed by atoms with Crippen molar-refractivity contribution in [2.24, 2.45) is 0 Å². The first kappa shape index (κ1) is 11.6. The molecule has 0 bridgehead atoms. The fourth-order valence-electron chi connectivity index (χ4n) is 2.34. The number of carboxylic acid groups (broad SMARTS) is 1. The summed E-state index contributed by atoms with van der Waals surface area (Å²) in [5.41, 5.74) is 0.479. The lowest BCUT2D eigenvalue weighted by atomic mass is 9.74. The first-order valence-electron chi connectivity index (χ1n) is 5.68. The number of hydrogen-bond donors (Lipinski definition) is 1. The van der Waals surface area contributed by atoms with Crippen LogP contribution in [0.2, 0.25) is 0 Å². The summed E-state index contributed by atoms with van der Waals surface area (Å²) in [4.78, 5) is 23.6. The van der Waals surface area contributed by atoms with Crippen LogP contribution in [-0.4, -0.2) is 35.5 Å². The Morgan fingerprint density at radius 2 is 1.82 bits per heavy atom. The molecule has 1 amide bonds. The molecule has 0 aromatic heterocycles. The van der Waals surface area contributed by atoms with E-state index >= 15 is 0 Å². The first-order valence-corrected chi connectivity index (χ1v) is 5.68. The fourth-order valence-corrected chi connectivity index (χ4v) is 2.34. The van der Waals surface area contributed by atoms with Crippen molar-refractivity contribution >= 4 is 12.4 Å². The number of hydrogen-bond acceptors (Lipinski definition) is 2. The molecular formula is C13H15NO3. The minimum atomic E-state index is -0.905. The van der Waals surface area contributed by atoms with Crippen LogP contribution in [0.3, 0.4) is 0 Å². The molecule has 4 heteroatoms. The van der Waals surface area contributed by atoms with Gasteiger partial charge < -0.3 is 14.8 Å². The zero-order chi connectivity index (χ0) is 12.3. The van der Waals surface area contributed by atoms with Crippen LogP contribution in [0, 0.1) is 0 Å². The number of carbonyl (C=O) groups excluding carboxylic acids is 1. The summed E-state index contributed by atoms with van der Waals surface area (Å²) in [5, 5.41) is 8.89. The number of nitrogens with zero attached hydrogens (tertiary/aromatic N) is 1. The van der Waals surface area contributed by atoms with Crippen LogP contribution in [0.25, 0.3) is 0 Å². The van der Waals surface area contributed by atoms with Gasteiger partial charge in [0.2, 0.25) is 0 Å². The quantitative estimate of drug-likeness (QED) is 0.794. The highest BCUT2D eigenvalue weighted by Crippen LogP contribution is 2.33. The number of rotatable bonds is 2. The van der Waals surface area contributed by atoms with Crippen molar-refractivity contribution < 1.29 is 14.7 Å². The van der Waals surface area contributed by atoms with Crippen LogP contribution >= 0.6 is 0 Å². The monoisotopic (exact) mass is 233 g/mol. The summed E-state index contributed by atoms with van der Waals surface area (Å²) in [7, 11) is 0. The molecule has 1 aliphatic rings. The second-order valence-electron chi connectivity index (χ2n) is 4.41. The Hall–Kier alpha value is -1.84. The molecule has 0 radical (unpaired) electrons. The summed E-state index contributed by atoms with van der Waals surface area (Å²) >= 11 is 0. The number of benzene rings is 1. The van der Waals surface area contributed by atoms with Crippen molar-refractivity contribution in [3.05, 3.63) is 35.9 Å². The molecule has 0 aliphatic carbocycles. The van der Waals surface area contributed by atoms with Gasteiger partial charge in [0, 0.05) is 13.1 Å². The standard InChI is InChI=1S/C13H15NO3/c15-10-13(11-4-2-1-3-5-11)6-8-14(9-7-13)12(16)17/h1-5,10H,6-9H2,(H,16,17). The van der Waals surface area contributed by atoms with Crippen LogP contribution in [0.1, 0.15) is 18.4 Å². The predicted molar refractivity (Wildman–Crippen MR) is 63.0 cm³/mol. The van der Waals surface area contributed by atoms with E-state index in [1.54, 1.807) is 0 Å². The van der Waals surface area contributed by atoms with Crippen LogP contribution in [0.5, 0.6) is 0 Å². The summed E-state index contributed by atoms with van der Waals surface area (Å²) in [6.07, 6.45) is 1.19. The van der Waals surface area contributed by atoms with Crippen molar-refractivity contribution in [1.82, 2.24) is 4.90 Å². The van der Waals surface area contributed by atoms with Gasteiger partial charge in [-0.05, 0) is 18.4 Å². The smallest absolute Gasteiger partial charge is 0.407 e. The van der Waals surface area contributed by atoms with Gasteiger partial charge in [-0.15, -0.1) is 0 Å². The molecule has 90 valence electrons. The molecule has 1 aliphatic heterocycles. The van der Waals surface area contributed by atoms with E-state index in [1.807, 2.05) is 30.3 Å². The molecule has 1 aromatic carbocycles. The van der Waals surface area contributed by atoms with E-state index in [9.17, 15) is 9.59 Å². The third kappa shape index (κ3) is 2.16. The predicted octanol–water partition coefficient (Wildman–Crippen LogP) is 1.90. The summed E-state index contributed by atoms with van der Waals surface area (Å²) < 4.78 is 0. The third-order valence-corrected chi connectivity index (χ3v) is 3.50. The van der Waals surface area contributed by atoms with Gasteiger partial charge in [0.1, 0.15) is 6.29 Å². The molecule has 0 unspecified atom stereocenters. The maximum absolute atomic E-state index is 11.4. The van der Waals surface area contributed by atoms with Crippen molar-refractivity contribution in [1.29, 1.82) is 0 Å². The van der Waals surface area contributed by atoms with E-state index in [4.69, 9.17) is 5.11 Å². The number of likely N-dealkylation sites (tertiary alicyclic amines) is 1. The van der Waals surface area contributed by atoms with Gasteiger partial charge in [-0.1, -0.05) is 30.3 Å². The number of amides is 1. The number of piperidine rings is 1. The van der Waals surface area contributed by atoms with Crippen molar-refractivity contribution in [2.75, 3.05) is 13.1 Å². The Morgan fingerprint density at radius 3 is 2.29 bits per heavy atom. The Kier molecular flexibility index (Phi) is 3.13. The Morgan fingerprint density at radius 1 is 1.24 bits per heavy atom. The minimum Gasteiger partial charge on any atom is -0.465 e. The van der Waals surface area contributed by atoms with E-state index in [0.29, 0.717) is 25.9 Å². The van der Waals surface area contributed by atoms with Crippen LogP contribution in [0.4, 0.5) is 4.79 Å². The van der Waals surface area contributed by atoms with E-state index in [0.717, 1.165) is 11.8 Å². The molecule has 1 N–H and O–H groups in total. The first-order chi connectivity index (χ1) is 8.18. The fraction of sp³-hybridized carbons (Fsp3) is 0.385. The number of carbonyl (C=O) groups is 2. The molecule has 1 heterocycles. The lowest BCUT2D eigenvalue weighted by molar-refractivity contribution is -0.114. The molecular weight excluding hydrogens is 218 g/mol. The zero-order valence-corrected chi connectivity index (χ0v) is 9.50. The third-order valence-electron chi connectivity index (χ3n) is 3.50. The molecule has 1 saturated heterocycles. The Labute approximate surface area is 99.9 Å². The van der Waals surface area contributed by atoms with E-state index in [1.165, 1.54) is 4.90 Å². The Balaban J connectivity index is 2.19. The largest absolute Gasteiger partial charge is 0.465 e. The average molecular weight is 233 g/mol. The lowest BCUT2D eigenvalue weighted by Gasteiger charge is -2.37. The van der Waals surface area contributed by atoms with Crippen LogP contribution in [-0.2, 0) is 10.2 Å². The van der Waals surface area contributed by atoms with Gasteiger partial charge in [-0.3, -0.25) is 0 Å². The van der Waals surface area contributed by atoms with Gasteiger partial charge in [0.05, 0.1) is 5.41 Å². The maximum Gasteiger partial charge on any atom is 0.407 e. The minimum absolute atomic E-state index is 0.420. The van der Waals surface area contributed by atoms with E-state index in [-0.39, 0.29) is 0 Å². The summed E-state index contributed by atoms with van der Waals surface area (Å²) in [6, 6.07) is 9.60. The highest BCUT2D eigenvalue weighted by atomic mass is 16.4. The summed E-state index contributed by atoms with van der Waals surface area (Å²) in [5.74, 6) is 0. The second-order valence-corrected chi connectivity index (χ2v) is 4.41. The van der Waals surface area contributed by atoms with E-state index in [2.05, 4.69) is 0 Å². The lowest BCUT2D eigenvalue weighted by Crippen LogP contribution is -2.45. The maximum atomic E-state index is 11.4. The molecule has 4 nitrogen and oxygen atoms in total. The average Bonchev–Trinajstić information content (AvgIpc) is 2.40. The van der Waals surface area contributed by atoms with Gasteiger partial charge in [0.25, 0.3) is 0 Å². The van der Waals surface area contributed by atoms with Crippen LogP contribution in [0.15, 0.2) is 30.3 Å². The molecule has 0 spiro atoms.